The number of hydrogen-bond acceptors (Lipinski definition) is 3. The maximum absolute atomic E-state index is 13.1. The number of carbonyl (C=O) groups is 1. The standard InChI is InChI=1S/C25H20N2O2S/c1-16-14-17-8-7-11-19-23(17)27(16)15-20(24(19)28)25(29)26-21-12-5-6-13-22(21)30-18-9-3-2-4-10-18/h2-13,15-16H,14H2,1H3,(H,26,29)/t16-/m0/s1. The van der Waals surface area contributed by atoms with Gasteiger partial charge in [0.2, 0.25) is 5.43 Å². The number of aromatic nitrogens is 1. The van der Waals surface area contributed by atoms with Crippen molar-refractivity contribution in [3.05, 3.63) is 100 Å². The van der Waals surface area contributed by atoms with Crippen LogP contribution in [0.25, 0.3) is 10.9 Å². The quantitative estimate of drug-likeness (QED) is 0.480. The van der Waals surface area contributed by atoms with Gasteiger partial charge in [-0.3, -0.25) is 9.59 Å². The van der Waals surface area contributed by atoms with Crippen LogP contribution < -0.4 is 10.7 Å². The van der Waals surface area contributed by atoms with Gasteiger partial charge in [0.1, 0.15) is 5.56 Å². The summed E-state index contributed by atoms with van der Waals surface area (Å²) in [4.78, 5) is 28.2. The molecule has 4 nitrogen and oxygen atoms in total. The molecule has 1 aliphatic rings. The molecule has 1 aliphatic heterocycles. The van der Waals surface area contributed by atoms with E-state index in [1.54, 1.807) is 18.0 Å². The van der Waals surface area contributed by atoms with E-state index >= 15 is 0 Å². The van der Waals surface area contributed by atoms with Crippen LogP contribution in [0, 0.1) is 0 Å². The average Bonchev–Trinajstić information content (AvgIpc) is 3.08. The third-order valence-corrected chi connectivity index (χ3v) is 6.56. The van der Waals surface area contributed by atoms with Gasteiger partial charge in [0.25, 0.3) is 5.91 Å². The van der Waals surface area contributed by atoms with Gasteiger partial charge in [-0.05, 0) is 49.2 Å². The van der Waals surface area contributed by atoms with E-state index in [9.17, 15) is 9.59 Å². The lowest BCUT2D eigenvalue weighted by molar-refractivity contribution is 0.102. The first-order valence-electron chi connectivity index (χ1n) is 9.92. The van der Waals surface area contributed by atoms with Gasteiger partial charge in [-0.1, -0.05) is 54.2 Å². The van der Waals surface area contributed by atoms with Gasteiger partial charge in [0, 0.05) is 27.4 Å². The Balaban J connectivity index is 1.52. The van der Waals surface area contributed by atoms with Crippen LogP contribution in [0.2, 0.25) is 0 Å². The number of nitrogens with zero attached hydrogens (tertiary/aromatic N) is 1. The highest BCUT2D eigenvalue weighted by Gasteiger charge is 2.24. The van der Waals surface area contributed by atoms with Crippen LogP contribution in [-0.2, 0) is 6.42 Å². The summed E-state index contributed by atoms with van der Waals surface area (Å²) in [5.41, 5.74) is 2.76. The van der Waals surface area contributed by atoms with Crippen molar-refractivity contribution >= 4 is 34.3 Å². The average molecular weight is 413 g/mol. The van der Waals surface area contributed by atoms with Gasteiger partial charge in [-0.15, -0.1) is 0 Å². The van der Waals surface area contributed by atoms with Gasteiger partial charge in [0.05, 0.1) is 11.2 Å². The predicted octanol–water partition coefficient (Wildman–Crippen LogP) is 5.52. The van der Waals surface area contributed by atoms with Crippen molar-refractivity contribution in [2.45, 2.75) is 29.2 Å². The monoisotopic (exact) mass is 412 g/mol. The largest absolute Gasteiger partial charge is 0.343 e. The van der Waals surface area contributed by atoms with E-state index in [-0.39, 0.29) is 22.9 Å². The molecular formula is C25H20N2O2S. The van der Waals surface area contributed by atoms with E-state index in [2.05, 4.69) is 22.9 Å². The van der Waals surface area contributed by atoms with Crippen LogP contribution in [-0.4, -0.2) is 10.5 Å². The molecule has 1 aromatic heterocycles. The van der Waals surface area contributed by atoms with Crippen molar-refractivity contribution in [3.63, 3.8) is 0 Å². The first-order chi connectivity index (χ1) is 14.6. The Bertz CT molecular complexity index is 1330. The van der Waals surface area contributed by atoms with E-state index in [0.717, 1.165) is 27.3 Å². The van der Waals surface area contributed by atoms with Gasteiger partial charge in [-0.2, -0.15) is 0 Å². The summed E-state index contributed by atoms with van der Waals surface area (Å²) in [6, 6.07) is 23.6. The number of para-hydroxylation sites is 2. The number of nitrogens with one attached hydrogen (secondary N) is 1. The van der Waals surface area contributed by atoms with Crippen molar-refractivity contribution in [2.24, 2.45) is 0 Å². The Labute approximate surface area is 178 Å². The Morgan fingerprint density at radius 1 is 1.00 bits per heavy atom. The van der Waals surface area contributed by atoms with E-state index in [1.807, 2.05) is 66.7 Å². The van der Waals surface area contributed by atoms with Crippen LogP contribution >= 0.6 is 11.8 Å². The fourth-order valence-electron chi connectivity index (χ4n) is 4.04. The third kappa shape index (κ3) is 3.21. The van der Waals surface area contributed by atoms with Gasteiger partial charge < -0.3 is 9.88 Å². The SMILES string of the molecule is C[C@H]1Cc2cccc3c(=O)c(C(=O)Nc4ccccc4Sc4ccccc4)cn1c23. The molecule has 3 aromatic carbocycles. The summed E-state index contributed by atoms with van der Waals surface area (Å²) in [5.74, 6) is -0.378. The summed E-state index contributed by atoms with van der Waals surface area (Å²) in [6.45, 7) is 2.11. The molecule has 1 atom stereocenters. The maximum atomic E-state index is 13.1. The highest BCUT2D eigenvalue weighted by molar-refractivity contribution is 7.99. The van der Waals surface area contributed by atoms with Crippen molar-refractivity contribution in [2.75, 3.05) is 5.32 Å². The molecule has 2 heterocycles. The van der Waals surface area contributed by atoms with Crippen LogP contribution in [0.1, 0.15) is 28.9 Å². The summed E-state index contributed by atoms with van der Waals surface area (Å²) >= 11 is 1.58. The molecule has 1 N–H and O–H groups in total. The van der Waals surface area contributed by atoms with E-state index in [0.29, 0.717) is 11.1 Å². The fourth-order valence-corrected chi connectivity index (χ4v) is 4.96. The highest BCUT2D eigenvalue weighted by atomic mass is 32.2. The minimum absolute atomic E-state index is 0.174. The molecular weight excluding hydrogens is 392 g/mol. The molecule has 0 radical (unpaired) electrons. The number of pyridine rings is 1. The van der Waals surface area contributed by atoms with Gasteiger partial charge >= 0.3 is 0 Å². The van der Waals surface area contributed by atoms with Crippen LogP contribution in [0.4, 0.5) is 5.69 Å². The Morgan fingerprint density at radius 2 is 1.77 bits per heavy atom. The van der Waals surface area contributed by atoms with Gasteiger partial charge in [0.15, 0.2) is 0 Å². The molecule has 0 aliphatic carbocycles. The van der Waals surface area contributed by atoms with Crippen LogP contribution in [0.5, 0.6) is 0 Å². The molecule has 0 saturated carbocycles. The number of anilines is 1. The molecule has 0 spiro atoms. The Hall–Kier alpha value is -3.31. The van der Waals surface area contributed by atoms with Crippen molar-refractivity contribution in [3.8, 4) is 0 Å². The van der Waals surface area contributed by atoms with E-state index in [1.165, 1.54) is 0 Å². The van der Waals surface area contributed by atoms with E-state index < -0.39 is 0 Å². The molecule has 4 aromatic rings. The number of carbonyl (C=O) groups excluding carboxylic acids is 1. The van der Waals surface area contributed by atoms with Crippen LogP contribution in [0.3, 0.4) is 0 Å². The zero-order valence-corrected chi connectivity index (χ0v) is 17.3. The van der Waals surface area contributed by atoms with Crippen LogP contribution in [0.15, 0.2) is 93.6 Å². The maximum Gasteiger partial charge on any atom is 0.261 e. The Kier molecular flexibility index (Phi) is 4.68. The topological polar surface area (TPSA) is 51.1 Å². The summed E-state index contributed by atoms with van der Waals surface area (Å²) in [7, 11) is 0. The van der Waals surface area contributed by atoms with Crippen molar-refractivity contribution in [1.29, 1.82) is 0 Å². The minimum atomic E-state index is -0.378. The van der Waals surface area contributed by atoms with Crippen molar-refractivity contribution in [1.82, 2.24) is 4.57 Å². The fraction of sp³-hybridized carbons (Fsp3) is 0.120. The second kappa shape index (κ2) is 7.50. The highest BCUT2D eigenvalue weighted by Crippen LogP contribution is 2.34. The smallest absolute Gasteiger partial charge is 0.261 e. The normalized spacial score (nSPS) is 14.8. The second-order valence-corrected chi connectivity index (χ2v) is 8.63. The Morgan fingerprint density at radius 3 is 2.60 bits per heavy atom. The number of hydrogen-bond donors (Lipinski definition) is 1. The summed E-state index contributed by atoms with van der Waals surface area (Å²) in [6.07, 6.45) is 2.59. The number of amides is 1. The molecule has 5 rings (SSSR count). The zero-order chi connectivity index (χ0) is 20.7. The molecule has 5 heteroatoms. The molecule has 0 unspecified atom stereocenters. The molecule has 30 heavy (non-hydrogen) atoms. The number of benzene rings is 3. The third-order valence-electron chi connectivity index (χ3n) is 5.48. The van der Waals surface area contributed by atoms with Gasteiger partial charge in [-0.25, -0.2) is 0 Å². The number of rotatable bonds is 4. The molecule has 1 amide bonds. The molecule has 0 fully saturated rings. The first-order valence-corrected chi connectivity index (χ1v) is 10.7. The van der Waals surface area contributed by atoms with Crippen molar-refractivity contribution < 1.29 is 4.79 Å². The summed E-state index contributed by atoms with van der Waals surface area (Å²) < 4.78 is 2.06. The first kappa shape index (κ1) is 18.7. The molecule has 0 bridgehead atoms. The molecule has 148 valence electrons. The summed E-state index contributed by atoms with van der Waals surface area (Å²) in [5, 5.41) is 3.57. The predicted molar refractivity (Wildman–Crippen MR) is 122 cm³/mol. The minimum Gasteiger partial charge on any atom is -0.343 e. The second-order valence-electron chi connectivity index (χ2n) is 7.51. The molecule has 0 saturated heterocycles. The lowest BCUT2D eigenvalue weighted by Crippen LogP contribution is -2.24. The lowest BCUT2D eigenvalue weighted by atomic mass is 10.1. The lowest BCUT2D eigenvalue weighted by Gasteiger charge is -2.14. The van der Waals surface area contributed by atoms with E-state index in [4.69, 9.17) is 0 Å². The zero-order valence-electron chi connectivity index (χ0n) is 16.5.